The zero-order valence-corrected chi connectivity index (χ0v) is 11.3. The Kier molecular flexibility index (Phi) is 6.70. The molecule has 1 N–H and O–H groups in total. The highest BCUT2D eigenvalue weighted by molar-refractivity contribution is 5.24. The first-order valence-electron chi connectivity index (χ1n) is 6.64. The van der Waals surface area contributed by atoms with E-state index in [4.69, 9.17) is 4.42 Å². The number of hydrogen-bond acceptors (Lipinski definition) is 4. The molecule has 0 amide bonds. The summed E-state index contributed by atoms with van der Waals surface area (Å²) in [7, 11) is 2.03. The minimum Gasteiger partial charge on any atom is -0.432 e. The van der Waals surface area contributed by atoms with Crippen LogP contribution in [0.15, 0.2) is 10.7 Å². The Morgan fingerprint density at radius 2 is 2.12 bits per heavy atom. The maximum absolute atomic E-state index is 5.46. The average molecular weight is 239 g/mol. The highest BCUT2D eigenvalue weighted by Crippen LogP contribution is 2.12. The predicted octanol–water partition coefficient (Wildman–Crippen LogP) is 2.80. The van der Waals surface area contributed by atoms with Crippen molar-refractivity contribution < 1.29 is 4.42 Å². The quantitative estimate of drug-likeness (QED) is 0.673. The zero-order chi connectivity index (χ0) is 12.5. The lowest BCUT2D eigenvalue weighted by Crippen LogP contribution is -2.19. The van der Waals surface area contributed by atoms with Gasteiger partial charge in [-0.05, 0) is 19.4 Å². The van der Waals surface area contributed by atoms with Crippen LogP contribution >= 0.6 is 0 Å². The van der Waals surface area contributed by atoms with Gasteiger partial charge in [0.05, 0.1) is 5.69 Å². The summed E-state index contributed by atoms with van der Waals surface area (Å²) in [6.07, 6.45) is 6.58. The minimum atomic E-state index is 0.731. The molecule has 1 rings (SSSR count). The van der Waals surface area contributed by atoms with Crippen molar-refractivity contribution in [2.45, 2.75) is 46.1 Å². The molecule has 0 saturated carbocycles. The van der Waals surface area contributed by atoms with Crippen LogP contribution in [0.2, 0.25) is 0 Å². The highest BCUT2D eigenvalue weighted by atomic mass is 16.4. The molecule has 0 unspecified atom stereocenters. The second kappa shape index (κ2) is 8.12. The third-order valence-electron chi connectivity index (χ3n) is 2.70. The smallest absolute Gasteiger partial charge is 0.297 e. The first kappa shape index (κ1) is 14.0. The van der Waals surface area contributed by atoms with Crippen molar-refractivity contribution in [3.8, 4) is 0 Å². The molecule has 4 nitrogen and oxygen atoms in total. The summed E-state index contributed by atoms with van der Waals surface area (Å²) < 4.78 is 5.46. The molecule has 0 bridgehead atoms. The van der Waals surface area contributed by atoms with Crippen LogP contribution in [0.1, 0.15) is 45.2 Å². The summed E-state index contributed by atoms with van der Waals surface area (Å²) in [4.78, 5) is 6.54. The molecule has 1 heterocycles. The number of hydrogen-bond donors (Lipinski definition) is 1. The van der Waals surface area contributed by atoms with E-state index < -0.39 is 0 Å². The van der Waals surface area contributed by atoms with Gasteiger partial charge < -0.3 is 14.6 Å². The lowest BCUT2D eigenvalue weighted by atomic mass is 10.2. The molecule has 0 radical (unpaired) electrons. The van der Waals surface area contributed by atoms with Gasteiger partial charge in [-0.25, -0.2) is 0 Å². The monoisotopic (exact) mass is 239 g/mol. The van der Waals surface area contributed by atoms with E-state index in [9.17, 15) is 0 Å². The highest BCUT2D eigenvalue weighted by Gasteiger charge is 2.08. The molecular formula is C13H25N3O. The lowest BCUT2D eigenvalue weighted by molar-refractivity contribution is 0.537. The molecule has 0 aromatic carbocycles. The third kappa shape index (κ3) is 5.22. The van der Waals surface area contributed by atoms with Gasteiger partial charge in [0.2, 0.25) is 0 Å². The van der Waals surface area contributed by atoms with Crippen molar-refractivity contribution in [1.29, 1.82) is 0 Å². The summed E-state index contributed by atoms with van der Waals surface area (Å²) in [5.74, 6) is 0. The molecule has 17 heavy (non-hydrogen) atoms. The fourth-order valence-electron chi connectivity index (χ4n) is 1.64. The Labute approximate surface area is 104 Å². The van der Waals surface area contributed by atoms with E-state index in [1.54, 1.807) is 6.26 Å². The van der Waals surface area contributed by atoms with E-state index in [0.29, 0.717) is 0 Å². The molecule has 0 fully saturated rings. The molecule has 1 aromatic rings. The fraction of sp³-hybridized carbons (Fsp3) is 0.769. The van der Waals surface area contributed by atoms with Crippen LogP contribution in [-0.4, -0.2) is 25.1 Å². The van der Waals surface area contributed by atoms with Crippen molar-refractivity contribution in [2.75, 3.05) is 25.0 Å². The average Bonchev–Trinajstić information content (AvgIpc) is 2.78. The standard InChI is InChI=1S/C13H25N3O/c1-4-6-7-9-16(3)13-15-12(11-17-13)10-14-8-5-2/h11,14H,4-10H2,1-3H3. The Balaban J connectivity index is 2.33. The van der Waals surface area contributed by atoms with Gasteiger partial charge in [-0.1, -0.05) is 26.7 Å². The van der Waals surface area contributed by atoms with Gasteiger partial charge in [0, 0.05) is 20.1 Å². The van der Waals surface area contributed by atoms with E-state index >= 15 is 0 Å². The van der Waals surface area contributed by atoms with Crippen molar-refractivity contribution >= 4 is 6.01 Å². The topological polar surface area (TPSA) is 41.3 Å². The van der Waals surface area contributed by atoms with Gasteiger partial charge in [-0.15, -0.1) is 0 Å². The molecule has 4 heteroatoms. The summed E-state index contributed by atoms with van der Waals surface area (Å²) in [6.45, 7) is 7.19. The summed E-state index contributed by atoms with van der Waals surface area (Å²) in [5.41, 5.74) is 0.982. The van der Waals surface area contributed by atoms with Crippen LogP contribution in [0, 0.1) is 0 Å². The van der Waals surface area contributed by atoms with Gasteiger partial charge >= 0.3 is 0 Å². The zero-order valence-electron chi connectivity index (χ0n) is 11.3. The maximum Gasteiger partial charge on any atom is 0.297 e. The summed E-state index contributed by atoms with van der Waals surface area (Å²) >= 11 is 0. The largest absolute Gasteiger partial charge is 0.432 e. The van der Waals surface area contributed by atoms with Crippen molar-refractivity contribution in [3.05, 3.63) is 12.0 Å². The Morgan fingerprint density at radius 3 is 2.82 bits per heavy atom. The SMILES string of the molecule is CCCCCN(C)c1nc(CNCCC)co1. The van der Waals surface area contributed by atoms with Gasteiger partial charge in [-0.3, -0.25) is 0 Å². The number of rotatable bonds is 9. The van der Waals surface area contributed by atoms with E-state index in [2.05, 4.69) is 29.0 Å². The number of nitrogens with zero attached hydrogens (tertiary/aromatic N) is 2. The summed E-state index contributed by atoms with van der Waals surface area (Å²) in [6, 6.07) is 0.731. The molecule has 0 spiro atoms. The first-order valence-corrected chi connectivity index (χ1v) is 6.64. The first-order chi connectivity index (χ1) is 8.27. The Hall–Kier alpha value is -1.03. The van der Waals surface area contributed by atoms with Crippen molar-refractivity contribution in [2.24, 2.45) is 0 Å². The number of anilines is 1. The van der Waals surface area contributed by atoms with Gasteiger partial charge in [0.25, 0.3) is 6.01 Å². The molecule has 98 valence electrons. The molecule has 0 saturated heterocycles. The molecule has 1 aromatic heterocycles. The second-order valence-electron chi connectivity index (χ2n) is 4.43. The Bertz CT molecular complexity index is 299. The predicted molar refractivity (Wildman–Crippen MR) is 71.3 cm³/mol. The molecule has 0 atom stereocenters. The third-order valence-corrected chi connectivity index (χ3v) is 2.70. The van der Waals surface area contributed by atoms with Gasteiger partial charge in [-0.2, -0.15) is 4.98 Å². The van der Waals surface area contributed by atoms with Gasteiger partial charge in [0.15, 0.2) is 0 Å². The molecule has 0 aliphatic carbocycles. The van der Waals surface area contributed by atoms with Crippen LogP contribution < -0.4 is 10.2 Å². The van der Waals surface area contributed by atoms with E-state index in [-0.39, 0.29) is 0 Å². The molecule has 0 aliphatic heterocycles. The number of aromatic nitrogens is 1. The van der Waals surface area contributed by atoms with E-state index in [0.717, 1.165) is 37.8 Å². The van der Waals surface area contributed by atoms with Gasteiger partial charge in [0.1, 0.15) is 6.26 Å². The maximum atomic E-state index is 5.46. The van der Waals surface area contributed by atoms with E-state index in [1.165, 1.54) is 19.3 Å². The molecule has 0 aliphatic rings. The fourth-order valence-corrected chi connectivity index (χ4v) is 1.64. The van der Waals surface area contributed by atoms with E-state index in [1.807, 2.05) is 7.05 Å². The number of oxazole rings is 1. The van der Waals surface area contributed by atoms with Crippen molar-refractivity contribution in [1.82, 2.24) is 10.3 Å². The molecular weight excluding hydrogens is 214 g/mol. The van der Waals surface area contributed by atoms with Crippen molar-refractivity contribution in [3.63, 3.8) is 0 Å². The van der Waals surface area contributed by atoms with Crippen LogP contribution in [-0.2, 0) is 6.54 Å². The second-order valence-corrected chi connectivity index (χ2v) is 4.43. The normalized spacial score (nSPS) is 10.8. The Morgan fingerprint density at radius 1 is 1.29 bits per heavy atom. The van der Waals surface area contributed by atoms with Crippen LogP contribution in [0.4, 0.5) is 6.01 Å². The van der Waals surface area contributed by atoms with Crippen LogP contribution in [0.3, 0.4) is 0 Å². The minimum absolute atomic E-state index is 0.731. The van der Waals surface area contributed by atoms with Crippen LogP contribution in [0.5, 0.6) is 0 Å². The number of nitrogens with one attached hydrogen (secondary N) is 1. The summed E-state index contributed by atoms with van der Waals surface area (Å²) in [5, 5.41) is 3.31. The lowest BCUT2D eigenvalue weighted by Gasteiger charge is -2.13. The van der Waals surface area contributed by atoms with Crippen LogP contribution in [0.25, 0.3) is 0 Å². The number of unbranched alkanes of at least 4 members (excludes halogenated alkanes) is 2.